The largest absolute Gasteiger partial charge is 0.455 e. The van der Waals surface area contributed by atoms with Crippen LogP contribution in [0.4, 0.5) is 0 Å². The zero-order chi connectivity index (χ0) is 29.4. The van der Waals surface area contributed by atoms with Crippen LogP contribution in [0, 0.1) is 16.7 Å². The minimum absolute atomic E-state index is 0.0931. The van der Waals surface area contributed by atoms with E-state index in [4.69, 9.17) is 14.2 Å². The fourth-order valence-corrected chi connectivity index (χ4v) is 7.62. The summed E-state index contributed by atoms with van der Waals surface area (Å²) >= 11 is 0. The van der Waals surface area contributed by atoms with Gasteiger partial charge in [-0.25, -0.2) is 9.59 Å². The van der Waals surface area contributed by atoms with Gasteiger partial charge in [-0.1, -0.05) is 38.6 Å². The standard InChI is InChI=1S/C30H36O10/c1-6-20(33)40-29-14-38-19(29)12-18(32)28(5)23(29)25(39-26(36)16-10-8-7-9-11-16)30(37)13-17(31)15(2)21(27(30,3)4)22(34)24(28)35/h6-11,17-19,22-23,25,31-32,34,37H,1,12-14H2,2-5H3/t17-,18-,19+,22+,23?,25?,28+,29-,30+/m0/s1. The highest BCUT2D eigenvalue weighted by Gasteiger charge is 2.77. The van der Waals surface area contributed by atoms with Crippen molar-refractivity contribution in [2.75, 3.05) is 6.61 Å². The number of rotatable bonds is 4. The molecule has 10 heteroatoms. The molecule has 10 nitrogen and oxygen atoms in total. The SMILES string of the molecule is C=CC(=O)O[C@@]12CO[C@@H]1C[C@H](O)[C@@]1(C)C(=O)[C@H](O)C3=C(C)[C@@H](O)C[C@@](O)(C(OC(=O)c4ccccc4)C12)C3(C)C. The number of carbonyl (C=O) groups is 3. The van der Waals surface area contributed by atoms with Gasteiger partial charge in [-0.15, -0.1) is 0 Å². The monoisotopic (exact) mass is 556 g/mol. The summed E-state index contributed by atoms with van der Waals surface area (Å²) < 4.78 is 17.8. The molecule has 2 bridgehead atoms. The molecule has 1 aliphatic heterocycles. The number of hydrogen-bond donors (Lipinski definition) is 4. The van der Waals surface area contributed by atoms with Crippen LogP contribution in [0.15, 0.2) is 54.1 Å². The van der Waals surface area contributed by atoms with E-state index in [2.05, 4.69) is 6.58 Å². The number of fused-ring (bicyclic) bond motifs is 5. The predicted octanol–water partition coefficient (Wildman–Crippen LogP) is 1.25. The lowest BCUT2D eigenvalue weighted by Crippen LogP contribution is -2.81. The normalized spacial score (nSPS) is 41.9. The number of ether oxygens (including phenoxy) is 3. The molecule has 4 aliphatic rings. The Balaban J connectivity index is 1.81. The molecule has 1 saturated heterocycles. The van der Waals surface area contributed by atoms with Crippen LogP contribution in [0.25, 0.3) is 0 Å². The fraction of sp³-hybridized carbons (Fsp3) is 0.567. The second kappa shape index (κ2) is 9.32. The number of aliphatic hydroxyl groups excluding tert-OH is 3. The number of ketones is 1. The Kier molecular flexibility index (Phi) is 6.67. The first-order valence-electron chi connectivity index (χ1n) is 13.4. The number of aliphatic hydroxyl groups is 4. The molecule has 1 aromatic carbocycles. The molecule has 1 heterocycles. The number of hydrogen-bond acceptors (Lipinski definition) is 10. The van der Waals surface area contributed by atoms with Crippen molar-refractivity contribution < 1.29 is 49.0 Å². The lowest BCUT2D eigenvalue weighted by atomic mass is 9.44. The summed E-state index contributed by atoms with van der Waals surface area (Å²) in [7, 11) is 0. The maximum atomic E-state index is 14.3. The van der Waals surface area contributed by atoms with Gasteiger partial charge in [-0.2, -0.15) is 0 Å². The number of Topliss-reactive ketones (excluding diaryl/α,β-unsaturated/α-hetero) is 1. The number of carbonyl (C=O) groups excluding carboxylic acids is 3. The summed E-state index contributed by atoms with van der Waals surface area (Å²) in [6, 6.07) is 8.05. The number of benzene rings is 1. The van der Waals surface area contributed by atoms with Crippen molar-refractivity contribution in [1.82, 2.24) is 0 Å². The molecule has 40 heavy (non-hydrogen) atoms. The van der Waals surface area contributed by atoms with Crippen LogP contribution >= 0.6 is 0 Å². The van der Waals surface area contributed by atoms with Gasteiger partial charge in [-0.05, 0) is 37.1 Å². The summed E-state index contributed by atoms with van der Waals surface area (Å²) in [4.78, 5) is 40.6. The zero-order valence-electron chi connectivity index (χ0n) is 23.0. The van der Waals surface area contributed by atoms with E-state index in [1.54, 1.807) is 39.0 Å². The van der Waals surface area contributed by atoms with Crippen LogP contribution in [-0.4, -0.2) is 86.5 Å². The molecule has 1 aromatic rings. The van der Waals surface area contributed by atoms with Crippen LogP contribution < -0.4 is 0 Å². The van der Waals surface area contributed by atoms with Crippen LogP contribution in [0.1, 0.15) is 50.9 Å². The van der Waals surface area contributed by atoms with E-state index in [1.807, 2.05) is 0 Å². The highest BCUT2D eigenvalue weighted by atomic mass is 16.6. The van der Waals surface area contributed by atoms with Crippen molar-refractivity contribution in [3.63, 3.8) is 0 Å². The molecule has 0 radical (unpaired) electrons. The van der Waals surface area contributed by atoms with Gasteiger partial charge in [0.2, 0.25) is 0 Å². The molecule has 4 N–H and O–H groups in total. The van der Waals surface area contributed by atoms with E-state index >= 15 is 0 Å². The van der Waals surface area contributed by atoms with Crippen molar-refractivity contribution in [3.8, 4) is 0 Å². The average Bonchev–Trinajstić information content (AvgIpc) is 2.91. The highest BCUT2D eigenvalue weighted by molar-refractivity contribution is 5.94. The highest BCUT2D eigenvalue weighted by Crippen LogP contribution is 2.63. The van der Waals surface area contributed by atoms with Crippen molar-refractivity contribution >= 4 is 17.7 Å². The van der Waals surface area contributed by atoms with Gasteiger partial charge in [0.15, 0.2) is 11.4 Å². The lowest BCUT2D eigenvalue weighted by molar-refractivity contribution is -0.345. The summed E-state index contributed by atoms with van der Waals surface area (Å²) in [5.74, 6) is -3.84. The number of esters is 2. The third-order valence-electron chi connectivity index (χ3n) is 10.1. The van der Waals surface area contributed by atoms with Gasteiger partial charge in [-0.3, -0.25) is 4.79 Å². The van der Waals surface area contributed by atoms with Crippen molar-refractivity contribution in [1.29, 1.82) is 0 Å². The van der Waals surface area contributed by atoms with Gasteiger partial charge < -0.3 is 34.6 Å². The molecule has 3 aliphatic carbocycles. The Morgan fingerprint density at radius 1 is 1.12 bits per heavy atom. The van der Waals surface area contributed by atoms with Gasteiger partial charge in [0.05, 0.1) is 35.7 Å². The quantitative estimate of drug-likeness (QED) is 0.241. The second-order valence-electron chi connectivity index (χ2n) is 12.2. The third-order valence-corrected chi connectivity index (χ3v) is 10.1. The van der Waals surface area contributed by atoms with E-state index in [-0.39, 0.29) is 30.6 Å². The molecule has 9 atom stereocenters. The van der Waals surface area contributed by atoms with Crippen molar-refractivity contribution in [2.45, 2.75) is 82.3 Å². The molecule has 216 valence electrons. The maximum Gasteiger partial charge on any atom is 0.338 e. The van der Waals surface area contributed by atoms with E-state index in [0.717, 1.165) is 6.08 Å². The first-order chi connectivity index (χ1) is 18.7. The molecule has 2 saturated carbocycles. The Morgan fingerprint density at radius 3 is 2.35 bits per heavy atom. The zero-order valence-corrected chi connectivity index (χ0v) is 23.0. The van der Waals surface area contributed by atoms with E-state index in [1.165, 1.54) is 19.1 Å². The van der Waals surface area contributed by atoms with E-state index < -0.39 is 76.2 Å². The van der Waals surface area contributed by atoms with E-state index in [9.17, 15) is 34.8 Å². The third kappa shape index (κ3) is 3.63. The molecular weight excluding hydrogens is 520 g/mol. The maximum absolute atomic E-state index is 14.3. The van der Waals surface area contributed by atoms with Crippen LogP contribution in [0.2, 0.25) is 0 Å². The lowest BCUT2D eigenvalue weighted by Gasteiger charge is -2.67. The summed E-state index contributed by atoms with van der Waals surface area (Å²) in [5, 5.41) is 46.9. The second-order valence-corrected chi connectivity index (χ2v) is 12.2. The smallest absolute Gasteiger partial charge is 0.338 e. The van der Waals surface area contributed by atoms with E-state index in [0.29, 0.717) is 5.57 Å². The Hall–Kier alpha value is -2.89. The van der Waals surface area contributed by atoms with Gasteiger partial charge in [0.25, 0.3) is 0 Å². The molecule has 2 unspecified atom stereocenters. The van der Waals surface area contributed by atoms with Gasteiger partial charge in [0.1, 0.15) is 23.9 Å². The van der Waals surface area contributed by atoms with Crippen LogP contribution in [-0.2, 0) is 23.8 Å². The Morgan fingerprint density at radius 2 is 1.77 bits per heavy atom. The first-order valence-corrected chi connectivity index (χ1v) is 13.4. The Bertz CT molecular complexity index is 1290. The topological polar surface area (TPSA) is 160 Å². The summed E-state index contributed by atoms with van der Waals surface area (Å²) in [6.45, 7) is 9.47. The van der Waals surface area contributed by atoms with Crippen LogP contribution in [0.5, 0.6) is 0 Å². The van der Waals surface area contributed by atoms with Gasteiger partial charge in [0, 0.05) is 24.3 Å². The first kappa shape index (κ1) is 28.6. The summed E-state index contributed by atoms with van der Waals surface area (Å²) in [5.41, 5.74) is -6.44. The van der Waals surface area contributed by atoms with Crippen molar-refractivity contribution in [3.05, 3.63) is 59.7 Å². The molecule has 3 fully saturated rings. The van der Waals surface area contributed by atoms with Crippen LogP contribution in [0.3, 0.4) is 0 Å². The molecule has 0 spiro atoms. The van der Waals surface area contributed by atoms with Crippen molar-refractivity contribution in [2.24, 2.45) is 16.7 Å². The summed E-state index contributed by atoms with van der Waals surface area (Å²) in [6.07, 6.45) is -6.50. The fourth-order valence-electron chi connectivity index (χ4n) is 7.62. The molecule has 0 amide bonds. The molecule has 0 aromatic heterocycles. The Labute approximate surface area is 232 Å². The molecule has 5 rings (SSSR count). The average molecular weight is 557 g/mol. The molecular formula is C30H36O10. The predicted molar refractivity (Wildman–Crippen MR) is 140 cm³/mol. The minimum atomic E-state index is -2.09. The minimum Gasteiger partial charge on any atom is -0.455 e. The van der Waals surface area contributed by atoms with Gasteiger partial charge >= 0.3 is 11.9 Å².